The largest absolute Gasteiger partial charge is 0.462 e. The van der Waals surface area contributed by atoms with Gasteiger partial charge >= 0.3 is 35.8 Å². The smallest absolute Gasteiger partial charge is 0.338 e. The monoisotopic (exact) mass is 994 g/mol. The molecular weight excluding hydrogens is 919 g/mol. The summed E-state index contributed by atoms with van der Waals surface area (Å²) in [6, 6.07) is 13.2. The van der Waals surface area contributed by atoms with E-state index < -0.39 is 35.8 Å². The minimum absolute atomic E-state index is 0.0369. The van der Waals surface area contributed by atoms with Crippen LogP contribution < -0.4 is 0 Å². The summed E-state index contributed by atoms with van der Waals surface area (Å²) < 4.78 is 33.9. The molecule has 0 spiro atoms. The maximum atomic E-state index is 13.7. The van der Waals surface area contributed by atoms with Crippen molar-refractivity contribution in [1.29, 1.82) is 0 Å². The van der Waals surface area contributed by atoms with Crippen LogP contribution in [0.1, 0.15) is 219 Å². The van der Waals surface area contributed by atoms with Crippen LogP contribution in [0, 0.1) is 0 Å². The summed E-state index contributed by atoms with van der Waals surface area (Å²) in [6.45, 7) is 13.2. The Morgan fingerprint density at radius 1 is 0.278 bits per heavy atom. The second-order valence-electron chi connectivity index (χ2n) is 17.8. The van der Waals surface area contributed by atoms with Gasteiger partial charge in [-0.2, -0.15) is 0 Å². The highest BCUT2D eigenvalue weighted by Gasteiger charge is 2.24. The molecule has 0 saturated heterocycles. The third-order valence-corrected chi connectivity index (χ3v) is 11.5. The molecule has 1 aromatic heterocycles. The molecule has 0 aliphatic heterocycles. The SMILES string of the molecule is CCCCCOC(=O)c1cc(C(=O)OCCCCC)cc(-c2nc(-c3cc(C(=O)OCCCCC)cc(C(=O)OCCCCC)c3)nc(-c3cc(C(=O)OCCCCC)cc(C(=O)OCCCCC)c3)n2)c1. The molecule has 15 nitrogen and oxygen atoms in total. The third-order valence-electron chi connectivity index (χ3n) is 11.5. The topological polar surface area (TPSA) is 196 Å². The Kier molecular flexibility index (Phi) is 26.2. The fourth-order valence-corrected chi connectivity index (χ4v) is 7.34. The molecule has 0 fully saturated rings. The van der Waals surface area contributed by atoms with Crippen LogP contribution in [0.2, 0.25) is 0 Å². The van der Waals surface area contributed by atoms with Crippen LogP contribution >= 0.6 is 0 Å². The molecule has 0 N–H and O–H groups in total. The van der Waals surface area contributed by atoms with Crippen molar-refractivity contribution in [3.63, 3.8) is 0 Å². The molecule has 0 bridgehead atoms. The van der Waals surface area contributed by atoms with Crippen molar-refractivity contribution in [2.24, 2.45) is 0 Å². The van der Waals surface area contributed by atoms with E-state index >= 15 is 0 Å². The number of rotatable bonds is 33. The molecule has 4 rings (SSSR count). The van der Waals surface area contributed by atoms with Crippen molar-refractivity contribution < 1.29 is 57.2 Å². The first kappa shape index (κ1) is 58.1. The number of hydrogen-bond donors (Lipinski definition) is 0. The summed E-state index contributed by atoms with van der Waals surface area (Å²) in [6.07, 6.45) is 14.5. The lowest BCUT2D eigenvalue weighted by molar-refractivity contribution is 0.0478. The normalized spacial score (nSPS) is 10.9. The molecule has 15 heteroatoms. The Morgan fingerprint density at radius 3 is 0.597 bits per heavy atom. The van der Waals surface area contributed by atoms with Gasteiger partial charge in [0.1, 0.15) is 0 Å². The summed E-state index contributed by atoms with van der Waals surface area (Å²) in [5.74, 6) is -4.23. The fourth-order valence-electron chi connectivity index (χ4n) is 7.34. The zero-order valence-electron chi connectivity index (χ0n) is 43.4. The number of hydrogen-bond acceptors (Lipinski definition) is 15. The van der Waals surface area contributed by atoms with E-state index in [-0.39, 0.29) is 107 Å². The van der Waals surface area contributed by atoms with E-state index in [1.807, 2.05) is 41.5 Å². The number of ether oxygens (including phenoxy) is 6. The standard InChI is InChI=1S/C57H75N3O12/c1-7-13-19-25-67-52(61)43-31-40(32-44(37-43)53(62)68-26-20-14-8-2)49-58-50(41-33-45(54(63)69-27-21-15-9-3)38-46(34-41)55(64)70-28-22-16-10-4)60-51(59-49)42-35-47(56(65)71-29-23-17-11-5)39-48(36-42)57(66)72-30-24-18-12-6/h31-39H,7-30H2,1-6H3. The van der Waals surface area contributed by atoms with Gasteiger partial charge in [0.2, 0.25) is 0 Å². The first-order chi connectivity index (χ1) is 35.0. The zero-order chi connectivity index (χ0) is 52.1. The Balaban J connectivity index is 2.04. The number of carbonyl (C=O) groups excluding carboxylic acids is 6. The molecule has 1 heterocycles. The van der Waals surface area contributed by atoms with Crippen LogP contribution in [-0.4, -0.2) is 90.4 Å². The van der Waals surface area contributed by atoms with Gasteiger partial charge in [0.05, 0.1) is 73.0 Å². The second-order valence-corrected chi connectivity index (χ2v) is 17.8. The van der Waals surface area contributed by atoms with E-state index in [1.54, 1.807) is 0 Å². The van der Waals surface area contributed by atoms with Gasteiger partial charge in [0.15, 0.2) is 17.5 Å². The molecule has 0 amide bonds. The van der Waals surface area contributed by atoms with Crippen molar-refractivity contribution in [3.05, 3.63) is 88.0 Å². The number of benzene rings is 3. The van der Waals surface area contributed by atoms with Gasteiger partial charge in [0, 0.05) is 16.7 Å². The minimum atomic E-state index is -0.679. The molecule has 72 heavy (non-hydrogen) atoms. The van der Waals surface area contributed by atoms with Crippen LogP contribution in [-0.2, 0) is 28.4 Å². The maximum Gasteiger partial charge on any atom is 0.338 e. The summed E-state index contributed by atoms with van der Waals surface area (Å²) in [4.78, 5) is 96.7. The Labute approximate surface area is 425 Å². The molecule has 0 saturated carbocycles. The van der Waals surface area contributed by atoms with Crippen LogP contribution in [0.15, 0.2) is 54.6 Å². The summed E-state index contributed by atoms with van der Waals surface area (Å²) in [7, 11) is 0. The molecular formula is C57H75N3O12. The van der Waals surface area contributed by atoms with E-state index in [0.29, 0.717) is 38.5 Å². The predicted octanol–water partition coefficient (Wildman–Crippen LogP) is 13.0. The van der Waals surface area contributed by atoms with Gasteiger partial charge in [-0.3, -0.25) is 0 Å². The van der Waals surface area contributed by atoms with E-state index in [4.69, 9.17) is 43.4 Å². The molecule has 0 aliphatic carbocycles. The lowest BCUT2D eigenvalue weighted by atomic mass is 10.0. The van der Waals surface area contributed by atoms with Crippen LogP contribution in [0.25, 0.3) is 34.2 Å². The quantitative estimate of drug-likeness (QED) is 0.0248. The average molecular weight is 994 g/mol. The summed E-state index contributed by atoms with van der Waals surface area (Å²) in [5, 5.41) is 0. The number of carbonyl (C=O) groups is 6. The van der Waals surface area contributed by atoms with Crippen molar-refractivity contribution in [1.82, 2.24) is 15.0 Å². The highest BCUT2D eigenvalue weighted by Crippen LogP contribution is 2.30. The molecule has 390 valence electrons. The van der Waals surface area contributed by atoms with Gasteiger partial charge in [0.25, 0.3) is 0 Å². The van der Waals surface area contributed by atoms with E-state index in [1.165, 1.54) is 54.6 Å². The van der Waals surface area contributed by atoms with Gasteiger partial charge in [-0.25, -0.2) is 43.7 Å². The van der Waals surface area contributed by atoms with Gasteiger partial charge in [-0.05, 0) is 93.1 Å². The first-order valence-electron chi connectivity index (χ1n) is 26.2. The van der Waals surface area contributed by atoms with E-state index in [0.717, 1.165) is 77.0 Å². The van der Waals surface area contributed by atoms with E-state index in [9.17, 15) is 28.8 Å². The lowest BCUT2D eigenvalue weighted by Gasteiger charge is -2.14. The summed E-state index contributed by atoms with van der Waals surface area (Å²) >= 11 is 0. The zero-order valence-corrected chi connectivity index (χ0v) is 43.4. The van der Waals surface area contributed by atoms with Gasteiger partial charge < -0.3 is 28.4 Å². The van der Waals surface area contributed by atoms with Crippen LogP contribution in [0.4, 0.5) is 0 Å². The maximum absolute atomic E-state index is 13.7. The molecule has 0 unspecified atom stereocenters. The van der Waals surface area contributed by atoms with Crippen molar-refractivity contribution >= 4 is 35.8 Å². The molecule has 0 aliphatic rings. The third kappa shape index (κ3) is 19.2. The Bertz CT molecular complexity index is 2000. The average Bonchev–Trinajstić information content (AvgIpc) is 3.40. The van der Waals surface area contributed by atoms with Crippen LogP contribution in [0.3, 0.4) is 0 Å². The van der Waals surface area contributed by atoms with E-state index in [2.05, 4.69) is 0 Å². The number of unbranched alkanes of at least 4 members (excludes halogenated alkanes) is 12. The first-order valence-corrected chi connectivity index (χ1v) is 26.2. The number of nitrogens with zero attached hydrogens (tertiary/aromatic N) is 3. The molecule has 4 aromatic rings. The fraction of sp³-hybridized carbons (Fsp3) is 0.526. The molecule has 0 atom stereocenters. The van der Waals surface area contributed by atoms with Crippen molar-refractivity contribution in [3.8, 4) is 34.2 Å². The lowest BCUT2D eigenvalue weighted by Crippen LogP contribution is -2.13. The highest BCUT2D eigenvalue weighted by atomic mass is 16.6. The van der Waals surface area contributed by atoms with Crippen molar-refractivity contribution in [2.75, 3.05) is 39.6 Å². The molecule has 3 aromatic carbocycles. The second kappa shape index (κ2) is 32.5. The summed E-state index contributed by atoms with van der Waals surface area (Å²) in [5.41, 5.74) is 0.784. The minimum Gasteiger partial charge on any atom is -0.462 e. The number of esters is 6. The van der Waals surface area contributed by atoms with Gasteiger partial charge in [-0.15, -0.1) is 0 Å². The predicted molar refractivity (Wildman–Crippen MR) is 275 cm³/mol. The van der Waals surface area contributed by atoms with Crippen LogP contribution in [0.5, 0.6) is 0 Å². The van der Waals surface area contributed by atoms with Gasteiger partial charge in [-0.1, -0.05) is 119 Å². The highest BCUT2D eigenvalue weighted by molar-refractivity contribution is 6.00. The number of aromatic nitrogens is 3. The Morgan fingerprint density at radius 2 is 0.444 bits per heavy atom. The molecule has 0 radical (unpaired) electrons. The van der Waals surface area contributed by atoms with Crippen molar-refractivity contribution in [2.45, 2.75) is 157 Å². The Hall–Kier alpha value is -6.51.